The second-order valence-corrected chi connectivity index (χ2v) is 9.39. The molecule has 0 unspecified atom stereocenters. The minimum absolute atomic E-state index is 0.424. The van der Waals surface area contributed by atoms with E-state index in [0.29, 0.717) is 5.41 Å². The molecule has 31 heavy (non-hydrogen) atoms. The molecule has 1 aromatic carbocycles. The van der Waals surface area contributed by atoms with Gasteiger partial charge in [0.1, 0.15) is 5.76 Å². The number of anilines is 1. The summed E-state index contributed by atoms with van der Waals surface area (Å²) in [4.78, 5) is 14.4. The molecule has 1 spiro atoms. The Balaban J connectivity index is 1.26. The largest absolute Gasteiger partial charge is 0.464 e. The summed E-state index contributed by atoms with van der Waals surface area (Å²) in [5.41, 5.74) is 5.11. The molecule has 0 bridgehead atoms. The summed E-state index contributed by atoms with van der Waals surface area (Å²) >= 11 is 0. The van der Waals surface area contributed by atoms with Gasteiger partial charge in [0.05, 0.1) is 6.26 Å². The molecule has 0 amide bonds. The normalized spacial score (nSPS) is 19.1. The highest BCUT2D eigenvalue weighted by molar-refractivity contribution is 5.61. The predicted octanol–water partition coefficient (Wildman–Crippen LogP) is 5.24. The van der Waals surface area contributed by atoms with Crippen molar-refractivity contribution in [1.29, 1.82) is 0 Å². The van der Waals surface area contributed by atoms with Crippen molar-refractivity contribution in [3.8, 4) is 11.3 Å². The monoisotopic (exact) mass is 416 g/mol. The van der Waals surface area contributed by atoms with E-state index in [2.05, 4.69) is 60.0 Å². The lowest BCUT2D eigenvalue weighted by atomic mass is 9.72. The molecule has 0 atom stereocenters. The van der Waals surface area contributed by atoms with Gasteiger partial charge in [-0.15, -0.1) is 0 Å². The third-order valence-electron chi connectivity index (χ3n) is 7.02. The van der Waals surface area contributed by atoms with Gasteiger partial charge >= 0.3 is 0 Å². The van der Waals surface area contributed by atoms with Crippen molar-refractivity contribution >= 4 is 5.95 Å². The highest BCUT2D eigenvalue weighted by Gasteiger charge is 2.39. The highest BCUT2D eigenvalue weighted by Crippen LogP contribution is 2.41. The van der Waals surface area contributed by atoms with E-state index in [1.807, 2.05) is 6.07 Å². The van der Waals surface area contributed by atoms with Crippen molar-refractivity contribution < 1.29 is 4.42 Å². The van der Waals surface area contributed by atoms with E-state index in [0.717, 1.165) is 42.7 Å². The number of aromatic nitrogens is 2. The Morgan fingerprint density at radius 2 is 1.71 bits per heavy atom. The predicted molar refractivity (Wildman–Crippen MR) is 124 cm³/mol. The van der Waals surface area contributed by atoms with Gasteiger partial charge in [-0.1, -0.05) is 24.3 Å². The summed E-state index contributed by atoms with van der Waals surface area (Å²) in [5, 5.41) is 0. The fourth-order valence-electron chi connectivity index (χ4n) is 5.45. The first-order chi connectivity index (χ1) is 15.1. The number of rotatable bonds is 4. The van der Waals surface area contributed by atoms with Crippen LogP contribution in [-0.2, 0) is 6.54 Å². The van der Waals surface area contributed by atoms with E-state index in [9.17, 15) is 0 Å². The van der Waals surface area contributed by atoms with E-state index in [1.165, 1.54) is 49.9 Å². The van der Waals surface area contributed by atoms with E-state index in [-0.39, 0.29) is 0 Å². The molecule has 4 heterocycles. The Kier molecular flexibility index (Phi) is 5.53. The van der Waals surface area contributed by atoms with Crippen molar-refractivity contribution in [2.24, 2.45) is 5.41 Å². The zero-order chi connectivity index (χ0) is 21.3. The van der Waals surface area contributed by atoms with Crippen LogP contribution < -0.4 is 4.90 Å². The van der Waals surface area contributed by atoms with E-state index in [1.54, 1.807) is 6.26 Å². The molecule has 0 aliphatic carbocycles. The first-order valence-corrected chi connectivity index (χ1v) is 11.5. The Hall–Kier alpha value is -2.66. The molecule has 0 saturated carbocycles. The molecule has 3 aromatic rings. The van der Waals surface area contributed by atoms with Crippen LogP contribution in [0.1, 0.15) is 42.6 Å². The second kappa shape index (κ2) is 8.46. The third kappa shape index (κ3) is 4.38. The van der Waals surface area contributed by atoms with Gasteiger partial charge < -0.3 is 9.32 Å². The number of furan rings is 1. The smallest absolute Gasteiger partial charge is 0.225 e. The Bertz CT molecular complexity index is 1000. The van der Waals surface area contributed by atoms with Gasteiger partial charge in [-0.05, 0) is 75.3 Å². The number of aryl methyl sites for hydroxylation is 2. The van der Waals surface area contributed by atoms with Crippen LogP contribution in [0, 0.1) is 19.3 Å². The summed E-state index contributed by atoms with van der Waals surface area (Å²) in [7, 11) is 0. The van der Waals surface area contributed by atoms with Gasteiger partial charge in [0.2, 0.25) is 5.95 Å². The van der Waals surface area contributed by atoms with Crippen LogP contribution in [0.2, 0.25) is 0 Å². The van der Waals surface area contributed by atoms with Gasteiger partial charge in [-0.25, -0.2) is 9.97 Å². The van der Waals surface area contributed by atoms with Crippen molar-refractivity contribution in [3.05, 3.63) is 65.7 Å². The number of hydrogen-bond donors (Lipinski definition) is 0. The topological polar surface area (TPSA) is 45.4 Å². The van der Waals surface area contributed by atoms with E-state index in [4.69, 9.17) is 14.4 Å². The summed E-state index contributed by atoms with van der Waals surface area (Å²) in [6, 6.07) is 14.7. The van der Waals surface area contributed by atoms with E-state index >= 15 is 0 Å². The Morgan fingerprint density at radius 1 is 0.935 bits per heavy atom. The van der Waals surface area contributed by atoms with Crippen molar-refractivity contribution in [1.82, 2.24) is 14.9 Å². The van der Waals surface area contributed by atoms with Gasteiger partial charge in [-0.3, -0.25) is 4.90 Å². The molecular weight excluding hydrogens is 384 g/mol. The summed E-state index contributed by atoms with van der Waals surface area (Å²) in [5.74, 6) is 1.87. The van der Waals surface area contributed by atoms with Crippen LogP contribution >= 0.6 is 0 Å². The fourth-order valence-corrected chi connectivity index (χ4v) is 5.45. The number of likely N-dealkylation sites (tertiary alicyclic amines) is 1. The van der Waals surface area contributed by atoms with Crippen LogP contribution in [-0.4, -0.2) is 41.0 Å². The molecule has 2 aromatic heterocycles. The highest BCUT2D eigenvalue weighted by atomic mass is 16.3. The maximum absolute atomic E-state index is 5.69. The minimum Gasteiger partial charge on any atom is -0.464 e. The second-order valence-electron chi connectivity index (χ2n) is 9.39. The maximum Gasteiger partial charge on any atom is 0.225 e. The van der Waals surface area contributed by atoms with Crippen LogP contribution in [0.3, 0.4) is 0 Å². The van der Waals surface area contributed by atoms with Crippen molar-refractivity contribution in [2.45, 2.75) is 46.1 Å². The van der Waals surface area contributed by atoms with Gasteiger partial charge in [0.15, 0.2) is 0 Å². The zero-order valence-corrected chi connectivity index (χ0v) is 18.7. The molecular formula is C26H32N4O. The number of nitrogens with zero attached hydrogens (tertiary/aromatic N) is 4. The van der Waals surface area contributed by atoms with Gasteiger partial charge in [-0.2, -0.15) is 0 Å². The minimum atomic E-state index is 0.424. The number of benzene rings is 1. The Morgan fingerprint density at radius 3 is 2.45 bits per heavy atom. The first kappa shape index (κ1) is 20.3. The van der Waals surface area contributed by atoms with Crippen LogP contribution in [0.15, 0.2) is 53.1 Å². The van der Waals surface area contributed by atoms with Crippen molar-refractivity contribution in [3.63, 3.8) is 0 Å². The molecule has 0 N–H and O–H groups in total. The van der Waals surface area contributed by atoms with E-state index < -0.39 is 0 Å². The first-order valence-electron chi connectivity index (χ1n) is 11.5. The standard InChI is InChI=1S/C26H32N4O/c1-20-17-21(2)28-25(27-20)30-14-11-26(12-15-30)10-6-13-29(19-26)18-22-7-3-4-8-23(22)24-9-5-16-31-24/h3-5,7-9,16-17H,6,10-15,18-19H2,1-2H3. The Labute approximate surface area is 185 Å². The summed E-state index contributed by atoms with van der Waals surface area (Å²) in [6.07, 6.45) is 6.82. The van der Waals surface area contributed by atoms with Crippen LogP contribution in [0.4, 0.5) is 5.95 Å². The average Bonchev–Trinajstić information content (AvgIpc) is 3.29. The van der Waals surface area contributed by atoms with Gasteiger partial charge in [0, 0.05) is 43.1 Å². The molecule has 162 valence electrons. The maximum atomic E-state index is 5.69. The molecule has 5 nitrogen and oxygen atoms in total. The quantitative estimate of drug-likeness (QED) is 0.582. The molecule has 5 rings (SSSR count). The third-order valence-corrected chi connectivity index (χ3v) is 7.02. The van der Waals surface area contributed by atoms with Crippen molar-refractivity contribution in [2.75, 3.05) is 31.1 Å². The lowest BCUT2D eigenvalue weighted by Gasteiger charge is -2.48. The molecule has 2 aliphatic rings. The lowest BCUT2D eigenvalue weighted by molar-refractivity contribution is 0.0604. The molecule has 2 aliphatic heterocycles. The van der Waals surface area contributed by atoms with Crippen LogP contribution in [0.25, 0.3) is 11.3 Å². The zero-order valence-electron chi connectivity index (χ0n) is 18.7. The lowest BCUT2D eigenvalue weighted by Crippen LogP contribution is -2.49. The SMILES string of the molecule is Cc1cc(C)nc(N2CCC3(CCCN(Cc4ccccc4-c4ccco4)C3)CC2)n1. The number of hydrogen-bond acceptors (Lipinski definition) is 5. The molecule has 2 fully saturated rings. The van der Waals surface area contributed by atoms with Gasteiger partial charge in [0.25, 0.3) is 0 Å². The summed E-state index contributed by atoms with van der Waals surface area (Å²) in [6.45, 7) is 9.58. The fraction of sp³-hybridized carbons (Fsp3) is 0.462. The molecule has 2 saturated heterocycles. The average molecular weight is 417 g/mol. The summed E-state index contributed by atoms with van der Waals surface area (Å²) < 4.78 is 5.69. The molecule has 0 radical (unpaired) electrons. The van der Waals surface area contributed by atoms with Crippen LogP contribution in [0.5, 0.6) is 0 Å². The molecule has 5 heteroatoms. The number of piperidine rings is 2.